The summed E-state index contributed by atoms with van der Waals surface area (Å²) in [5, 5.41) is 6.48. The van der Waals surface area contributed by atoms with Crippen LogP contribution in [0.25, 0.3) is 5.69 Å². The summed E-state index contributed by atoms with van der Waals surface area (Å²) in [7, 11) is 0. The van der Waals surface area contributed by atoms with Crippen LogP contribution in [-0.2, 0) is 11.2 Å². The molecule has 0 aliphatic carbocycles. The van der Waals surface area contributed by atoms with E-state index >= 15 is 0 Å². The fourth-order valence-corrected chi connectivity index (χ4v) is 3.33. The number of H-pyrrole nitrogens is 1. The lowest BCUT2D eigenvalue weighted by Gasteiger charge is -2.34. The Morgan fingerprint density at radius 3 is 2.81 bits per heavy atom. The van der Waals surface area contributed by atoms with Gasteiger partial charge in [-0.2, -0.15) is 5.10 Å². The third kappa shape index (κ3) is 4.56. The van der Waals surface area contributed by atoms with Gasteiger partial charge in [-0.05, 0) is 51.7 Å². The zero-order chi connectivity index (χ0) is 19.6. The SMILES string of the molecule is CC(C)(C)OC(=O)N1CCC[C@@H](Cc2n[nH]c(=O)n2-c2ccccc2F)C1. The van der Waals surface area contributed by atoms with Gasteiger partial charge in [0.15, 0.2) is 0 Å². The van der Waals surface area contributed by atoms with Crippen molar-refractivity contribution in [1.82, 2.24) is 19.7 Å². The van der Waals surface area contributed by atoms with Crippen LogP contribution in [0.15, 0.2) is 29.1 Å². The van der Waals surface area contributed by atoms with Gasteiger partial charge in [-0.1, -0.05) is 12.1 Å². The summed E-state index contributed by atoms with van der Waals surface area (Å²) in [5.41, 5.74) is -0.849. The van der Waals surface area contributed by atoms with Crippen molar-refractivity contribution in [3.8, 4) is 5.69 Å². The van der Waals surface area contributed by atoms with Crippen molar-refractivity contribution in [2.75, 3.05) is 13.1 Å². The number of likely N-dealkylation sites (tertiary alicyclic amines) is 1. The molecule has 1 fully saturated rings. The minimum atomic E-state index is -0.544. The molecule has 0 radical (unpaired) electrons. The van der Waals surface area contributed by atoms with Crippen molar-refractivity contribution in [1.29, 1.82) is 0 Å². The van der Waals surface area contributed by atoms with Gasteiger partial charge in [0.05, 0.1) is 5.69 Å². The quantitative estimate of drug-likeness (QED) is 0.893. The number of piperidine rings is 1. The standard InChI is InChI=1S/C19H25FN4O3/c1-19(2,3)27-18(26)23-10-6-7-13(12-23)11-16-21-22-17(25)24(16)15-9-5-4-8-14(15)20/h4-5,8-9,13H,6-7,10-12H2,1-3H3,(H,22,25)/t13-/m0/s1. The third-order valence-electron chi connectivity index (χ3n) is 4.48. The summed E-state index contributed by atoms with van der Waals surface area (Å²) in [6.07, 6.45) is 1.88. The van der Waals surface area contributed by atoms with Crippen LogP contribution in [0.5, 0.6) is 0 Å². The maximum Gasteiger partial charge on any atom is 0.410 e. The fourth-order valence-electron chi connectivity index (χ4n) is 3.33. The van der Waals surface area contributed by atoms with E-state index in [-0.39, 0.29) is 17.7 Å². The van der Waals surface area contributed by atoms with E-state index in [0.29, 0.717) is 25.3 Å². The number of hydrogen-bond acceptors (Lipinski definition) is 4. The van der Waals surface area contributed by atoms with Crippen LogP contribution in [0.2, 0.25) is 0 Å². The molecule has 1 amide bonds. The Morgan fingerprint density at radius 1 is 1.37 bits per heavy atom. The number of amides is 1. The number of benzene rings is 1. The highest BCUT2D eigenvalue weighted by Gasteiger charge is 2.29. The number of aromatic amines is 1. The predicted molar refractivity (Wildman–Crippen MR) is 98.4 cm³/mol. The molecule has 0 bridgehead atoms. The number of nitrogens with zero attached hydrogens (tertiary/aromatic N) is 3. The van der Waals surface area contributed by atoms with Crippen molar-refractivity contribution in [2.45, 2.75) is 45.6 Å². The smallest absolute Gasteiger partial charge is 0.410 e. The van der Waals surface area contributed by atoms with E-state index in [9.17, 15) is 14.0 Å². The molecular weight excluding hydrogens is 351 g/mol. The van der Waals surface area contributed by atoms with Crippen LogP contribution in [0, 0.1) is 11.7 Å². The largest absolute Gasteiger partial charge is 0.444 e. The minimum Gasteiger partial charge on any atom is -0.444 e. The van der Waals surface area contributed by atoms with Crippen LogP contribution >= 0.6 is 0 Å². The summed E-state index contributed by atoms with van der Waals surface area (Å²) in [6, 6.07) is 6.10. The Bertz CT molecular complexity index is 868. The van der Waals surface area contributed by atoms with Crippen molar-refractivity contribution in [2.24, 2.45) is 5.92 Å². The lowest BCUT2D eigenvalue weighted by molar-refractivity contribution is 0.0165. The number of halogens is 1. The molecular formula is C19H25FN4O3. The first-order chi connectivity index (χ1) is 12.7. The Labute approximate surface area is 157 Å². The molecule has 1 aromatic heterocycles. The van der Waals surface area contributed by atoms with E-state index in [2.05, 4.69) is 10.2 Å². The molecule has 1 aromatic carbocycles. The monoisotopic (exact) mass is 376 g/mol. The molecule has 0 spiro atoms. The van der Waals surface area contributed by atoms with Crippen molar-refractivity contribution >= 4 is 6.09 Å². The van der Waals surface area contributed by atoms with E-state index in [1.165, 1.54) is 10.6 Å². The molecule has 2 aromatic rings. The Hall–Kier alpha value is -2.64. The normalized spacial score (nSPS) is 17.8. The number of carbonyl (C=O) groups is 1. The van der Waals surface area contributed by atoms with Crippen LogP contribution in [0.1, 0.15) is 39.4 Å². The van der Waals surface area contributed by atoms with Gasteiger partial charge < -0.3 is 9.64 Å². The molecule has 8 heteroatoms. The summed E-state index contributed by atoms with van der Waals surface area (Å²) >= 11 is 0. The number of nitrogens with one attached hydrogen (secondary N) is 1. The summed E-state index contributed by atoms with van der Waals surface area (Å²) < 4.78 is 20.9. The van der Waals surface area contributed by atoms with Crippen molar-refractivity contribution < 1.29 is 13.9 Å². The first-order valence-corrected chi connectivity index (χ1v) is 9.14. The molecule has 2 heterocycles. The topological polar surface area (TPSA) is 80.2 Å². The highest BCUT2D eigenvalue weighted by atomic mass is 19.1. The second kappa shape index (κ2) is 7.54. The molecule has 0 saturated carbocycles. The number of ether oxygens (including phenoxy) is 1. The van der Waals surface area contributed by atoms with E-state index in [1.807, 2.05) is 20.8 Å². The molecule has 146 valence electrons. The number of para-hydroxylation sites is 1. The molecule has 1 aliphatic rings. The highest BCUT2D eigenvalue weighted by Crippen LogP contribution is 2.23. The van der Waals surface area contributed by atoms with E-state index in [4.69, 9.17) is 4.74 Å². The maximum atomic E-state index is 14.1. The number of carbonyl (C=O) groups excluding carboxylic acids is 1. The number of hydrogen-bond donors (Lipinski definition) is 1. The van der Waals surface area contributed by atoms with Gasteiger partial charge >= 0.3 is 11.8 Å². The Morgan fingerprint density at radius 2 is 2.11 bits per heavy atom. The first-order valence-electron chi connectivity index (χ1n) is 9.14. The molecule has 1 N–H and O–H groups in total. The Kier molecular flexibility index (Phi) is 5.34. The second-order valence-corrected chi connectivity index (χ2v) is 7.87. The third-order valence-corrected chi connectivity index (χ3v) is 4.48. The van der Waals surface area contributed by atoms with Gasteiger partial charge in [0.25, 0.3) is 0 Å². The van der Waals surface area contributed by atoms with Gasteiger partial charge in [-0.3, -0.25) is 0 Å². The molecule has 1 saturated heterocycles. The van der Waals surface area contributed by atoms with E-state index in [0.717, 1.165) is 12.8 Å². The van der Waals surface area contributed by atoms with Crippen LogP contribution in [-0.4, -0.2) is 44.4 Å². The molecule has 7 nitrogen and oxygen atoms in total. The van der Waals surface area contributed by atoms with Crippen LogP contribution in [0.3, 0.4) is 0 Å². The van der Waals surface area contributed by atoms with Gasteiger partial charge in [0, 0.05) is 19.5 Å². The fraction of sp³-hybridized carbons (Fsp3) is 0.526. The zero-order valence-corrected chi connectivity index (χ0v) is 15.9. The highest BCUT2D eigenvalue weighted by molar-refractivity contribution is 5.68. The predicted octanol–water partition coefficient (Wildman–Crippen LogP) is 2.89. The molecule has 27 heavy (non-hydrogen) atoms. The van der Waals surface area contributed by atoms with Crippen molar-refractivity contribution in [3.63, 3.8) is 0 Å². The first kappa shape index (κ1) is 19.1. The van der Waals surface area contributed by atoms with Gasteiger partial charge in [0.1, 0.15) is 17.2 Å². The summed E-state index contributed by atoms with van der Waals surface area (Å²) in [6.45, 7) is 6.68. The lowest BCUT2D eigenvalue weighted by atomic mass is 9.94. The molecule has 3 rings (SSSR count). The van der Waals surface area contributed by atoms with Gasteiger partial charge in [-0.25, -0.2) is 23.6 Å². The van der Waals surface area contributed by atoms with Crippen molar-refractivity contribution in [3.05, 3.63) is 46.4 Å². The lowest BCUT2D eigenvalue weighted by Crippen LogP contribution is -2.43. The average Bonchev–Trinajstić information content (AvgIpc) is 2.94. The van der Waals surface area contributed by atoms with Crippen LogP contribution in [0.4, 0.5) is 9.18 Å². The van der Waals surface area contributed by atoms with Crippen LogP contribution < -0.4 is 5.69 Å². The number of rotatable bonds is 3. The molecule has 1 atom stereocenters. The summed E-state index contributed by atoms with van der Waals surface area (Å²) in [4.78, 5) is 26.2. The zero-order valence-electron chi connectivity index (χ0n) is 15.9. The van der Waals surface area contributed by atoms with E-state index < -0.39 is 17.1 Å². The minimum absolute atomic E-state index is 0.118. The maximum absolute atomic E-state index is 14.1. The molecule has 1 aliphatic heterocycles. The molecule has 0 unspecified atom stereocenters. The second-order valence-electron chi connectivity index (χ2n) is 7.87. The van der Waals surface area contributed by atoms with E-state index in [1.54, 1.807) is 23.1 Å². The Balaban J connectivity index is 1.76. The van der Waals surface area contributed by atoms with Gasteiger partial charge in [0.2, 0.25) is 0 Å². The van der Waals surface area contributed by atoms with Gasteiger partial charge in [-0.15, -0.1) is 0 Å². The summed E-state index contributed by atoms with van der Waals surface area (Å²) in [5.74, 6) is 0.0920. The number of aromatic nitrogens is 3. The average molecular weight is 376 g/mol.